The van der Waals surface area contributed by atoms with Crippen LogP contribution in [0.1, 0.15) is 41.7 Å². The average Bonchev–Trinajstić information content (AvgIpc) is 2.69. The molecule has 1 aliphatic carbocycles. The molecule has 0 unspecified atom stereocenters. The molecule has 1 heterocycles. The lowest BCUT2D eigenvalue weighted by molar-refractivity contribution is 0.0995. The van der Waals surface area contributed by atoms with E-state index in [-0.39, 0.29) is 17.0 Å². The maximum atomic E-state index is 12.1. The smallest absolute Gasteiger partial charge is 0.297 e. The number of hydrogen-bond donors (Lipinski definition) is 0. The number of aromatic nitrogens is 2. The second kappa shape index (κ2) is 8.60. The highest BCUT2D eigenvalue weighted by molar-refractivity contribution is 6.29. The molecule has 0 atom stereocenters. The molecule has 0 spiro atoms. The molecule has 0 bridgehead atoms. The van der Waals surface area contributed by atoms with Crippen molar-refractivity contribution in [3.63, 3.8) is 0 Å². The minimum Gasteiger partial charge on any atom is -0.495 e. The Hall–Kier alpha value is -2.98. The molecule has 1 fully saturated rings. The van der Waals surface area contributed by atoms with E-state index >= 15 is 0 Å². The Morgan fingerprint density at radius 1 is 1.26 bits per heavy atom. The molecule has 0 saturated heterocycles. The number of aliphatic imine (C=N–C) groups is 1. The highest BCUT2D eigenvalue weighted by Crippen LogP contribution is 2.27. The van der Waals surface area contributed by atoms with E-state index in [4.69, 9.17) is 26.3 Å². The molecule has 138 valence electrons. The van der Waals surface area contributed by atoms with Gasteiger partial charge in [0.1, 0.15) is 17.6 Å². The number of rotatable bonds is 4. The van der Waals surface area contributed by atoms with Crippen LogP contribution >= 0.6 is 11.6 Å². The molecule has 0 radical (unpaired) electrons. The number of methoxy groups -OCH3 is 1. The Morgan fingerprint density at radius 3 is 2.67 bits per heavy atom. The molecule has 1 aromatic heterocycles. The summed E-state index contributed by atoms with van der Waals surface area (Å²) in [6.07, 6.45) is 2.86. The van der Waals surface area contributed by atoms with E-state index in [0.29, 0.717) is 29.9 Å². The third-order valence-electron chi connectivity index (χ3n) is 4.22. The number of carbonyl (C=O) groups excluding carboxylic acids is 1. The van der Waals surface area contributed by atoms with Crippen LogP contribution < -0.4 is 9.47 Å². The fraction of sp³-hybridized carbons (Fsp3) is 0.316. The van der Waals surface area contributed by atoms with E-state index in [2.05, 4.69) is 21.3 Å². The van der Waals surface area contributed by atoms with Gasteiger partial charge in [-0.15, -0.1) is 10.2 Å². The fourth-order valence-corrected chi connectivity index (χ4v) is 2.92. The van der Waals surface area contributed by atoms with Gasteiger partial charge in [0.2, 0.25) is 0 Å². The second-order valence-electron chi connectivity index (χ2n) is 6.02. The molecule has 3 rings (SSSR count). The van der Waals surface area contributed by atoms with Crippen LogP contribution in [0.2, 0.25) is 5.15 Å². The first-order chi connectivity index (χ1) is 13.1. The molecule has 1 amide bonds. The largest absolute Gasteiger partial charge is 0.495 e. The summed E-state index contributed by atoms with van der Waals surface area (Å²) < 4.78 is 11.2. The topological polar surface area (TPSA) is 97.5 Å². The van der Waals surface area contributed by atoms with Gasteiger partial charge in [0.25, 0.3) is 5.91 Å². The summed E-state index contributed by atoms with van der Waals surface area (Å²) in [6, 6.07) is 10.2. The Kier molecular flexibility index (Phi) is 5.99. The number of amides is 1. The van der Waals surface area contributed by atoms with Crippen molar-refractivity contribution in [2.24, 2.45) is 4.99 Å². The van der Waals surface area contributed by atoms with E-state index in [0.717, 1.165) is 18.6 Å². The SMILES string of the molecule is COc1cc(OC2CCC(=NC(=O)c3ccc(Cl)nn3)CC2)ccc1C#N. The molecule has 1 aromatic carbocycles. The standard InChI is InChI=1S/C19H17ClN4O3/c1-26-17-10-15(5-2-12(17)11-21)27-14-6-3-13(4-7-14)22-19(25)16-8-9-18(20)24-23-16/h2,5,8-10,14H,3-4,6-7H2,1H3. The van der Waals surface area contributed by atoms with Crippen LogP contribution in [0.15, 0.2) is 35.3 Å². The Labute approximate surface area is 161 Å². The van der Waals surface area contributed by atoms with Crippen molar-refractivity contribution in [1.29, 1.82) is 5.26 Å². The van der Waals surface area contributed by atoms with Gasteiger partial charge < -0.3 is 9.47 Å². The number of ether oxygens (including phenoxy) is 2. The summed E-state index contributed by atoms with van der Waals surface area (Å²) in [7, 11) is 1.52. The van der Waals surface area contributed by atoms with Crippen LogP contribution in [0.4, 0.5) is 0 Å². The number of halogens is 1. The van der Waals surface area contributed by atoms with Crippen LogP contribution in [0.3, 0.4) is 0 Å². The first kappa shape index (κ1) is 18.8. The Bertz CT molecular complexity index is 896. The third-order valence-corrected chi connectivity index (χ3v) is 4.42. The van der Waals surface area contributed by atoms with Gasteiger partial charge in [0.05, 0.1) is 18.8 Å². The Balaban J connectivity index is 1.58. The highest BCUT2D eigenvalue weighted by Gasteiger charge is 2.21. The van der Waals surface area contributed by atoms with Crippen molar-refractivity contribution < 1.29 is 14.3 Å². The average molecular weight is 385 g/mol. The number of benzene rings is 1. The van der Waals surface area contributed by atoms with Crippen LogP contribution in [-0.2, 0) is 0 Å². The van der Waals surface area contributed by atoms with Crippen LogP contribution in [0.25, 0.3) is 0 Å². The first-order valence-electron chi connectivity index (χ1n) is 8.44. The fourth-order valence-electron chi connectivity index (χ4n) is 2.81. The van der Waals surface area contributed by atoms with Crippen LogP contribution in [0, 0.1) is 11.3 Å². The van der Waals surface area contributed by atoms with Crippen LogP contribution in [-0.4, -0.2) is 35.0 Å². The predicted octanol–water partition coefficient (Wildman–Crippen LogP) is 3.61. The van der Waals surface area contributed by atoms with Gasteiger partial charge in [-0.2, -0.15) is 5.26 Å². The van der Waals surface area contributed by atoms with Gasteiger partial charge in [-0.1, -0.05) is 11.6 Å². The lowest BCUT2D eigenvalue weighted by atomic mass is 9.95. The van der Waals surface area contributed by atoms with Gasteiger partial charge in [0.15, 0.2) is 10.8 Å². The lowest BCUT2D eigenvalue weighted by Crippen LogP contribution is -2.24. The normalized spacial score (nSPS) is 16.3. The van der Waals surface area contributed by atoms with Crippen molar-refractivity contribution in [3.8, 4) is 17.6 Å². The summed E-state index contributed by atoms with van der Waals surface area (Å²) in [5, 5.41) is 16.7. The van der Waals surface area contributed by atoms with E-state index < -0.39 is 5.91 Å². The number of nitrogens with zero attached hydrogens (tertiary/aromatic N) is 4. The molecule has 1 aliphatic rings. The number of carbonyl (C=O) groups is 1. The van der Waals surface area contributed by atoms with Gasteiger partial charge >= 0.3 is 0 Å². The quantitative estimate of drug-likeness (QED) is 0.798. The molecule has 2 aromatic rings. The van der Waals surface area contributed by atoms with E-state index in [1.54, 1.807) is 18.2 Å². The molecular formula is C19H17ClN4O3. The summed E-state index contributed by atoms with van der Waals surface area (Å²) >= 11 is 5.67. The first-order valence-corrected chi connectivity index (χ1v) is 8.81. The zero-order valence-corrected chi connectivity index (χ0v) is 15.4. The van der Waals surface area contributed by atoms with Gasteiger partial charge in [-0.3, -0.25) is 4.79 Å². The summed E-state index contributed by atoms with van der Waals surface area (Å²) in [4.78, 5) is 16.3. The third kappa shape index (κ3) is 4.80. The number of hydrogen-bond acceptors (Lipinski definition) is 6. The van der Waals surface area contributed by atoms with Crippen LogP contribution in [0.5, 0.6) is 11.5 Å². The number of nitriles is 1. The van der Waals surface area contributed by atoms with Crippen molar-refractivity contribution in [2.75, 3.05) is 7.11 Å². The van der Waals surface area contributed by atoms with Crippen molar-refractivity contribution in [1.82, 2.24) is 10.2 Å². The zero-order chi connectivity index (χ0) is 19.2. The van der Waals surface area contributed by atoms with Crippen molar-refractivity contribution in [3.05, 3.63) is 46.7 Å². The highest BCUT2D eigenvalue weighted by atomic mass is 35.5. The minimum atomic E-state index is -0.412. The van der Waals surface area contributed by atoms with E-state index in [9.17, 15) is 4.79 Å². The Morgan fingerprint density at radius 2 is 2.04 bits per heavy atom. The zero-order valence-electron chi connectivity index (χ0n) is 14.7. The summed E-state index contributed by atoms with van der Waals surface area (Å²) in [5.41, 5.74) is 1.47. The van der Waals surface area contributed by atoms with Gasteiger partial charge in [-0.25, -0.2) is 4.99 Å². The molecule has 1 saturated carbocycles. The monoisotopic (exact) mass is 384 g/mol. The van der Waals surface area contributed by atoms with Crippen molar-refractivity contribution >= 4 is 23.2 Å². The maximum Gasteiger partial charge on any atom is 0.297 e. The van der Waals surface area contributed by atoms with E-state index in [1.165, 1.54) is 19.2 Å². The molecular weight excluding hydrogens is 368 g/mol. The lowest BCUT2D eigenvalue weighted by Gasteiger charge is -2.24. The molecule has 8 heteroatoms. The molecule has 27 heavy (non-hydrogen) atoms. The predicted molar refractivity (Wildman–Crippen MR) is 99.4 cm³/mol. The molecule has 7 nitrogen and oxygen atoms in total. The van der Waals surface area contributed by atoms with Gasteiger partial charge in [-0.05, 0) is 49.9 Å². The molecule has 0 aliphatic heterocycles. The molecule has 0 N–H and O–H groups in total. The second-order valence-corrected chi connectivity index (χ2v) is 6.40. The van der Waals surface area contributed by atoms with E-state index in [1.807, 2.05) is 0 Å². The summed E-state index contributed by atoms with van der Waals surface area (Å²) in [5.74, 6) is 0.733. The van der Waals surface area contributed by atoms with Gasteiger partial charge in [0, 0.05) is 11.8 Å². The summed E-state index contributed by atoms with van der Waals surface area (Å²) in [6.45, 7) is 0. The minimum absolute atomic E-state index is 0.0204. The van der Waals surface area contributed by atoms with Crippen molar-refractivity contribution in [2.45, 2.75) is 31.8 Å². The maximum absolute atomic E-state index is 12.1.